The van der Waals surface area contributed by atoms with E-state index in [0.717, 1.165) is 11.1 Å². The zero-order valence-corrected chi connectivity index (χ0v) is 11.6. The first-order valence-electron chi connectivity index (χ1n) is 5.90. The van der Waals surface area contributed by atoms with Crippen LogP contribution in [0.3, 0.4) is 0 Å². The summed E-state index contributed by atoms with van der Waals surface area (Å²) in [5, 5.41) is 0. The molecule has 19 heavy (non-hydrogen) atoms. The molecule has 0 aromatic heterocycles. The summed E-state index contributed by atoms with van der Waals surface area (Å²) < 4.78 is 9.90. The smallest absolute Gasteiger partial charge is 0.428 e. The van der Waals surface area contributed by atoms with Crippen molar-refractivity contribution in [3.63, 3.8) is 0 Å². The number of carbonyl (C=O) groups excluding carboxylic acids is 1. The number of hydrogen-bond acceptors (Lipinski definition) is 4. The van der Waals surface area contributed by atoms with Crippen LogP contribution in [0.25, 0.3) is 5.57 Å². The van der Waals surface area contributed by atoms with E-state index in [1.54, 1.807) is 32.9 Å². The van der Waals surface area contributed by atoms with Gasteiger partial charge >= 0.3 is 6.16 Å². The number of hydrogen-bond donors (Lipinski definition) is 0. The Hall–Kier alpha value is -2.10. The highest BCUT2D eigenvalue weighted by Gasteiger charge is 2.18. The van der Waals surface area contributed by atoms with Crippen molar-refractivity contribution in [3.8, 4) is 5.75 Å². The predicted molar refractivity (Wildman–Crippen MR) is 74.3 cm³/mol. The average Bonchev–Trinajstić information content (AvgIpc) is 2.39. The molecule has 102 valence electrons. The maximum absolute atomic E-state index is 11.7. The Morgan fingerprint density at radius 2 is 1.74 bits per heavy atom. The maximum Gasteiger partial charge on any atom is 0.514 e. The Bertz CT molecular complexity index is 553. The standard InChI is InChI=1S/C15H18O4/c1-10(2)11-6-8-12(16)13(9-7-11)18-14(17)19-15(3,4)5/h6-9H,1H2,2-5H3. The summed E-state index contributed by atoms with van der Waals surface area (Å²) in [4.78, 5) is 23.2. The van der Waals surface area contributed by atoms with E-state index in [2.05, 4.69) is 6.58 Å². The zero-order valence-electron chi connectivity index (χ0n) is 11.6. The van der Waals surface area contributed by atoms with Gasteiger partial charge in [0.05, 0.1) is 0 Å². The fraction of sp³-hybridized carbons (Fsp3) is 0.333. The summed E-state index contributed by atoms with van der Waals surface area (Å²) >= 11 is 0. The predicted octanol–water partition coefficient (Wildman–Crippen LogP) is 3.39. The SMILES string of the molecule is C=C(C)c1ccc(OC(=O)OC(C)(C)C)c(=O)cc1. The van der Waals surface area contributed by atoms with E-state index in [4.69, 9.17) is 9.47 Å². The van der Waals surface area contributed by atoms with E-state index in [1.807, 2.05) is 6.92 Å². The Labute approximate surface area is 112 Å². The lowest BCUT2D eigenvalue weighted by Crippen LogP contribution is -2.26. The highest BCUT2D eigenvalue weighted by atomic mass is 16.7. The van der Waals surface area contributed by atoms with E-state index in [-0.39, 0.29) is 5.75 Å². The minimum Gasteiger partial charge on any atom is -0.428 e. The molecule has 0 saturated heterocycles. The van der Waals surface area contributed by atoms with Gasteiger partial charge in [-0.05, 0) is 45.4 Å². The Kier molecular flexibility index (Phi) is 4.48. The van der Waals surface area contributed by atoms with Crippen LogP contribution in [-0.4, -0.2) is 11.8 Å². The van der Waals surface area contributed by atoms with E-state index in [9.17, 15) is 9.59 Å². The van der Waals surface area contributed by atoms with Gasteiger partial charge in [-0.3, -0.25) is 4.79 Å². The van der Waals surface area contributed by atoms with Gasteiger partial charge in [-0.15, -0.1) is 0 Å². The lowest BCUT2D eigenvalue weighted by Gasteiger charge is -2.18. The van der Waals surface area contributed by atoms with Gasteiger partial charge in [0.1, 0.15) is 5.60 Å². The van der Waals surface area contributed by atoms with Crippen LogP contribution in [0.15, 0.2) is 35.6 Å². The van der Waals surface area contributed by atoms with Gasteiger partial charge < -0.3 is 9.47 Å². The Balaban J connectivity index is 2.97. The molecular formula is C15H18O4. The normalized spacial score (nSPS) is 10.7. The van der Waals surface area contributed by atoms with Crippen molar-refractivity contribution in [1.29, 1.82) is 0 Å². The van der Waals surface area contributed by atoms with E-state index >= 15 is 0 Å². The third-order valence-electron chi connectivity index (χ3n) is 2.15. The lowest BCUT2D eigenvalue weighted by molar-refractivity contribution is 0.0204. The van der Waals surface area contributed by atoms with Gasteiger partial charge in [0, 0.05) is 0 Å². The second-order valence-electron chi connectivity index (χ2n) is 5.20. The molecule has 4 heteroatoms. The second kappa shape index (κ2) is 5.69. The van der Waals surface area contributed by atoms with Gasteiger partial charge in [-0.25, -0.2) is 4.79 Å². The molecule has 0 saturated carbocycles. The number of rotatable bonds is 2. The molecule has 0 aliphatic heterocycles. The first-order valence-corrected chi connectivity index (χ1v) is 5.90. The third-order valence-corrected chi connectivity index (χ3v) is 2.15. The Morgan fingerprint density at radius 3 is 2.26 bits per heavy atom. The van der Waals surface area contributed by atoms with Crippen LogP contribution in [0.1, 0.15) is 33.3 Å². The van der Waals surface area contributed by atoms with Crippen molar-refractivity contribution >= 4 is 11.7 Å². The molecule has 0 fully saturated rings. The minimum absolute atomic E-state index is 0.0678. The molecule has 1 rings (SSSR count). The molecule has 0 bridgehead atoms. The first kappa shape index (κ1) is 15.0. The quantitative estimate of drug-likeness (QED) is 0.766. The summed E-state index contributed by atoms with van der Waals surface area (Å²) in [5.74, 6) is -0.0678. The molecule has 0 atom stereocenters. The van der Waals surface area contributed by atoms with Gasteiger partial charge in [-0.2, -0.15) is 0 Å². The highest BCUT2D eigenvalue weighted by molar-refractivity contribution is 5.65. The number of ether oxygens (including phenoxy) is 2. The molecule has 0 N–H and O–H groups in total. The van der Waals surface area contributed by atoms with Crippen LogP contribution < -0.4 is 10.2 Å². The molecule has 0 aliphatic rings. The fourth-order valence-corrected chi connectivity index (χ4v) is 1.28. The van der Waals surface area contributed by atoms with Crippen molar-refractivity contribution in [2.45, 2.75) is 33.3 Å². The van der Waals surface area contributed by atoms with Crippen molar-refractivity contribution in [3.05, 3.63) is 46.6 Å². The third kappa shape index (κ3) is 4.95. The summed E-state index contributed by atoms with van der Waals surface area (Å²) in [5.41, 5.74) is 0.563. The van der Waals surface area contributed by atoms with Crippen molar-refractivity contribution in [2.75, 3.05) is 0 Å². The van der Waals surface area contributed by atoms with Crippen LogP contribution in [-0.2, 0) is 4.74 Å². The molecule has 0 radical (unpaired) electrons. The minimum atomic E-state index is -0.896. The largest absolute Gasteiger partial charge is 0.514 e. The van der Waals surface area contributed by atoms with Crippen molar-refractivity contribution < 1.29 is 14.3 Å². The van der Waals surface area contributed by atoms with Crippen LogP contribution >= 0.6 is 0 Å². The molecule has 0 aliphatic carbocycles. The fourth-order valence-electron chi connectivity index (χ4n) is 1.28. The molecule has 1 aromatic rings. The lowest BCUT2D eigenvalue weighted by atomic mass is 10.1. The summed E-state index contributed by atoms with van der Waals surface area (Å²) in [6.45, 7) is 10.8. The summed E-state index contributed by atoms with van der Waals surface area (Å²) in [6.07, 6.45) is -0.896. The molecule has 1 aromatic carbocycles. The summed E-state index contributed by atoms with van der Waals surface area (Å²) in [6, 6.07) is 6.08. The molecule has 4 nitrogen and oxygen atoms in total. The van der Waals surface area contributed by atoms with Crippen molar-refractivity contribution in [1.82, 2.24) is 0 Å². The van der Waals surface area contributed by atoms with Crippen LogP contribution in [0.5, 0.6) is 5.75 Å². The second-order valence-corrected chi connectivity index (χ2v) is 5.20. The van der Waals surface area contributed by atoms with Crippen LogP contribution in [0.4, 0.5) is 4.79 Å². The number of allylic oxidation sites excluding steroid dienone is 1. The van der Waals surface area contributed by atoms with Crippen molar-refractivity contribution in [2.24, 2.45) is 0 Å². The zero-order chi connectivity index (χ0) is 14.6. The first-order chi connectivity index (χ1) is 8.69. The van der Waals surface area contributed by atoms with E-state index < -0.39 is 17.2 Å². The molecule has 0 amide bonds. The number of carbonyl (C=O) groups is 1. The monoisotopic (exact) mass is 262 g/mol. The average molecular weight is 262 g/mol. The molecular weight excluding hydrogens is 244 g/mol. The highest BCUT2D eigenvalue weighted by Crippen LogP contribution is 2.13. The van der Waals surface area contributed by atoms with Gasteiger partial charge in [0.15, 0.2) is 5.75 Å². The van der Waals surface area contributed by atoms with E-state index in [0.29, 0.717) is 0 Å². The summed E-state index contributed by atoms with van der Waals surface area (Å²) in [7, 11) is 0. The van der Waals surface area contributed by atoms with Gasteiger partial charge in [0.25, 0.3) is 0 Å². The Morgan fingerprint density at radius 1 is 1.16 bits per heavy atom. The molecule has 0 heterocycles. The van der Waals surface area contributed by atoms with Gasteiger partial charge in [0.2, 0.25) is 5.43 Å². The van der Waals surface area contributed by atoms with Crippen LogP contribution in [0, 0.1) is 0 Å². The maximum atomic E-state index is 11.7. The van der Waals surface area contributed by atoms with Gasteiger partial charge in [-0.1, -0.05) is 24.3 Å². The van der Waals surface area contributed by atoms with Crippen LogP contribution in [0.2, 0.25) is 0 Å². The van der Waals surface area contributed by atoms with E-state index in [1.165, 1.54) is 12.1 Å². The molecule has 0 spiro atoms. The molecule has 0 unspecified atom stereocenters. The topological polar surface area (TPSA) is 52.6 Å².